The summed E-state index contributed by atoms with van der Waals surface area (Å²) in [4.78, 5) is 20.6. The van der Waals surface area contributed by atoms with E-state index in [1.807, 2.05) is 31.2 Å². The molecule has 2 aromatic heterocycles. The number of carbonyl (C=O) groups is 1. The van der Waals surface area contributed by atoms with E-state index < -0.39 is 0 Å². The predicted molar refractivity (Wildman–Crippen MR) is 99.9 cm³/mol. The van der Waals surface area contributed by atoms with E-state index in [-0.39, 0.29) is 5.91 Å². The van der Waals surface area contributed by atoms with Gasteiger partial charge in [-0.05, 0) is 48.4 Å². The van der Waals surface area contributed by atoms with Gasteiger partial charge >= 0.3 is 0 Å². The van der Waals surface area contributed by atoms with Crippen molar-refractivity contribution < 1.29 is 4.79 Å². The Morgan fingerprint density at radius 2 is 2.00 bits per heavy atom. The minimum atomic E-state index is -0.274. The number of carbonyl (C=O) groups excluding carboxylic acids is 1. The maximum absolute atomic E-state index is 12.3. The van der Waals surface area contributed by atoms with E-state index in [4.69, 9.17) is 11.6 Å². The van der Waals surface area contributed by atoms with Crippen LogP contribution >= 0.6 is 11.6 Å². The molecule has 1 aromatic carbocycles. The van der Waals surface area contributed by atoms with Gasteiger partial charge in [-0.3, -0.25) is 9.78 Å². The number of halogens is 1. The topological polar surface area (TPSA) is 66.9 Å². The molecule has 5 nitrogen and oxygen atoms in total. The van der Waals surface area contributed by atoms with Crippen molar-refractivity contribution in [3.8, 4) is 0 Å². The van der Waals surface area contributed by atoms with E-state index in [2.05, 4.69) is 20.6 Å². The van der Waals surface area contributed by atoms with Crippen molar-refractivity contribution in [2.45, 2.75) is 13.5 Å². The fraction of sp³-hybridized carbons (Fsp3) is 0.105. The van der Waals surface area contributed by atoms with Crippen LogP contribution in [0.1, 0.15) is 21.6 Å². The number of pyridine rings is 2. The normalized spacial score (nSPS) is 10.3. The van der Waals surface area contributed by atoms with Gasteiger partial charge in [0, 0.05) is 29.6 Å². The molecule has 3 rings (SSSR count). The molecule has 0 radical (unpaired) electrons. The molecular weight excluding hydrogens is 336 g/mol. The Morgan fingerprint density at radius 3 is 2.72 bits per heavy atom. The highest BCUT2D eigenvalue weighted by Gasteiger charge is 2.10. The van der Waals surface area contributed by atoms with Crippen LogP contribution in [0.4, 0.5) is 11.4 Å². The van der Waals surface area contributed by atoms with Gasteiger partial charge in [-0.25, -0.2) is 4.98 Å². The van der Waals surface area contributed by atoms with Gasteiger partial charge in [0.2, 0.25) is 0 Å². The number of anilines is 2. The van der Waals surface area contributed by atoms with Crippen molar-refractivity contribution in [3.05, 3.63) is 82.9 Å². The van der Waals surface area contributed by atoms with Crippen LogP contribution in [0.15, 0.2) is 61.1 Å². The zero-order valence-corrected chi connectivity index (χ0v) is 14.4. The van der Waals surface area contributed by atoms with Crippen LogP contribution in [0, 0.1) is 6.92 Å². The van der Waals surface area contributed by atoms with Crippen LogP contribution in [0.2, 0.25) is 5.02 Å². The average Bonchev–Trinajstić information content (AvgIpc) is 2.65. The largest absolute Gasteiger partial charge is 0.380 e. The number of rotatable bonds is 5. The van der Waals surface area contributed by atoms with Gasteiger partial charge in [0.1, 0.15) is 5.69 Å². The molecule has 0 aliphatic heterocycles. The summed E-state index contributed by atoms with van der Waals surface area (Å²) in [5.41, 5.74) is 3.75. The van der Waals surface area contributed by atoms with Gasteiger partial charge in [-0.15, -0.1) is 0 Å². The van der Waals surface area contributed by atoms with Crippen molar-refractivity contribution in [3.63, 3.8) is 0 Å². The molecule has 2 N–H and O–H groups in total. The Kier molecular flexibility index (Phi) is 5.26. The Hall–Kier alpha value is -2.92. The second-order valence-electron chi connectivity index (χ2n) is 5.51. The number of amides is 1. The second kappa shape index (κ2) is 7.77. The van der Waals surface area contributed by atoms with Crippen LogP contribution in [-0.2, 0) is 6.54 Å². The van der Waals surface area contributed by atoms with Crippen LogP contribution in [0.25, 0.3) is 0 Å². The van der Waals surface area contributed by atoms with E-state index >= 15 is 0 Å². The fourth-order valence-corrected chi connectivity index (χ4v) is 2.44. The number of hydrogen-bond donors (Lipinski definition) is 2. The van der Waals surface area contributed by atoms with Gasteiger partial charge in [-0.1, -0.05) is 23.7 Å². The highest BCUT2D eigenvalue weighted by molar-refractivity contribution is 6.31. The van der Waals surface area contributed by atoms with Gasteiger partial charge in [0.05, 0.1) is 11.9 Å². The highest BCUT2D eigenvalue weighted by Crippen LogP contribution is 2.23. The molecule has 0 saturated heterocycles. The third kappa shape index (κ3) is 4.33. The van der Waals surface area contributed by atoms with E-state index in [9.17, 15) is 4.79 Å². The predicted octanol–water partition coefficient (Wildman–Crippen LogP) is 4.30. The molecule has 0 aliphatic carbocycles. The number of aromatic nitrogens is 2. The summed E-state index contributed by atoms with van der Waals surface area (Å²) in [6, 6.07) is 12.8. The molecule has 0 unspecified atom stereocenters. The zero-order valence-electron chi connectivity index (χ0n) is 13.7. The van der Waals surface area contributed by atoms with Crippen LogP contribution < -0.4 is 10.6 Å². The maximum atomic E-state index is 12.3. The zero-order chi connectivity index (χ0) is 17.6. The molecular formula is C19H17ClN4O. The molecule has 2 heterocycles. The smallest absolute Gasteiger partial charge is 0.274 e. The van der Waals surface area contributed by atoms with E-state index in [1.165, 1.54) is 0 Å². The molecule has 6 heteroatoms. The summed E-state index contributed by atoms with van der Waals surface area (Å²) < 4.78 is 0. The molecule has 0 spiro atoms. The van der Waals surface area contributed by atoms with Crippen molar-refractivity contribution in [1.29, 1.82) is 0 Å². The summed E-state index contributed by atoms with van der Waals surface area (Å²) in [7, 11) is 0. The number of hydrogen-bond acceptors (Lipinski definition) is 4. The fourth-order valence-electron chi connectivity index (χ4n) is 2.27. The summed E-state index contributed by atoms with van der Waals surface area (Å²) >= 11 is 6.07. The Morgan fingerprint density at radius 1 is 1.12 bits per heavy atom. The molecule has 0 fully saturated rings. The summed E-state index contributed by atoms with van der Waals surface area (Å²) in [5.74, 6) is -0.274. The Balaban J connectivity index is 1.63. The third-order valence-corrected chi connectivity index (χ3v) is 4.14. The highest BCUT2D eigenvalue weighted by atomic mass is 35.5. The lowest BCUT2D eigenvalue weighted by Gasteiger charge is -2.10. The van der Waals surface area contributed by atoms with Crippen LogP contribution in [0.3, 0.4) is 0 Å². The van der Waals surface area contributed by atoms with Crippen molar-refractivity contribution in [1.82, 2.24) is 9.97 Å². The molecule has 3 aromatic rings. The second-order valence-corrected chi connectivity index (χ2v) is 5.92. The summed E-state index contributed by atoms with van der Waals surface area (Å²) in [6.07, 6.45) is 5.17. The molecule has 0 aliphatic rings. The van der Waals surface area contributed by atoms with Gasteiger partial charge < -0.3 is 10.6 Å². The third-order valence-electron chi connectivity index (χ3n) is 3.73. The Labute approximate surface area is 151 Å². The van der Waals surface area contributed by atoms with Crippen LogP contribution in [0.5, 0.6) is 0 Å². The lowest BCUT2D eigenvalue weighted by atomic mass is 10.2. The summed E-state index contributed by atoms with van der Waals surface area (Å²) in [5, 5.41) is 6.68. The number of nitrogens with zero attached hydrogens (tertiary/aromatic N) is 2. The quantitative estimate of drug-likeness (QED) is 0.718. The van der Waals surface area contributed by atoms with Crippen molar-refractivity contribution in [2.75, 3.05) is 10.6 Å². The monoisotopic (exact) mass is 352 g/mol. The molecule has 0 saturated carbocycles. The number of nitrogens with one attached hydrogen (secondary N) is 2. The molecule has 0 atom stereocenters. The van der Waals surface area contributed by atoms with Crippen molar-refractivity contribution >= 4 is 28.9 Å². The molecule has 126 valence electrons. The standard InChI is InChI=1S/C19H17ClN4O/c1-13-16(20)5-2-6-17(13)24-19(25)18-8-7-15(12-23-18)22-11-14-4-3-9-21-10-14/h2-10,12,22H,11H2,1H3,(H,24,25). The Bertz CT molecular complexity index is 866. The lowest BCUT2D eigenvalue weighted by molar-refractivity contribution is 0.102. The van der Waals surface area contributed by atoms with E-state index in [0.717, 1.165) is 16.8 Å². The SMILES string of the molecule is Cc1c(Cl)cccc1NC(=O)c1ccc(NCc2cccnc2)cn1. The number of benzene rings is 1. The minimum Gasteiger partial charge on any atom is -0.380 e. The average molecular weight is 353 g/mol. The molecule has 1 amide bonds. The maximum Gasteiger partial charge on any atom is 0.274 e. The lowest BCUT2D eigenvalue weighted by Crippen LogP contribution is -2.14. The van der Waals surface area contributed by atoms with Gasteiger partial charge in [0.15, 0.2) is 0 Å². The van der Waals surface area contributed by atoms with E-state index in [0.29, 0.717) is 22.9 Å². The van der Waals surface area contributed by atoms with E-state index in [1.54, 1.807) is 36.8 Å². The van der Waals surface area contributed by atoms with Gasteiger partial charge in [-0.2, -0.15) is 0 Å². The first-order valence-corrected chi connectivity index (χ1v) is 8.16. The van der Waals surface area contributed by atoms with Crippen LogP contribution in [-0.4, -0.2) is 15.9 Å². The molecule has 25 heavy (non-hydrogen) atoms. The van der Waals surface area contributed by atoms with Crippen molar-refractivity contribution in [2.24, 2.45) is 0 Å². The first-order valence-electron chi connectivity index (χ1n) is 7.79. The summed E-state index contributed by atoms with van der Waals surface area (Å²) in [6.45, 7) is 2.50. The minimum absolute atomic E-state index is 0.274. The first kappa shape index (κ1) is 16.9. The van der Waals surface area contributed by atoms with Gasteiger partial charge in [0.25, 0.3) is 5.91 Å². The first-order chi connectivity index (χ1) is 12.1. The molecule has 0 bridgehead atoms.